The molecule has 0 saturated carbocycles. The highest BCUT2D eigenvalue weighted by Gasteiger charge is 2.32. The van der Waals surface area contributed by atoms with E-state index in [9.17, 15) is 13.2 Å². The molecule has 0 amide bonds. The van der Waals surface area contributed by atoms with Crippen LogP contribution < -0.4 is 15.4 Å². The lowest BCUT2D eigenvalue weighted by Crippen LogP contribution is -2.45. The molecule has 0 radical (unpaired) electrons. The van der Waals surface area contributed by atoms with E-state index in [1.165, 1.54) is 6.07 Å². The maximum absolute atomic E-state index is 12.2. The summed E-state index contributed by atoms with van der Waals surface area (Å²) in [6.45, 7) is 3.68. The van der Waals surface area contributed by atoms with E-state index in [0.717, 1.165) is 25.2 Å². The van der Waals surface area contributed by atoms with Gasteiger partial charge in [-0.25, -0.2) is 0 Å². The SMILES string of the molecule is CC1CN(c2ccc(OC(F)(F)F)c(Br)c2)CCC1N. The minimum Gasteiger partial charge on any atom is -0.405 e. The Morgan fingerprint density at radius 1 is 1.40 bits per heavy atom. The van der Waals surface area contributed by atoms with Crippen LogP contribution >= 0.6 is 15.9 Å². The Morgan fingerprint density at radius 2 is 2.10 bits per heavy atom. The van der Waals surface area contributed by atoms with E-state index in [1.54, 1.807) is 12.1 Å². The molecule has 1 aliphatic rings. The molecule has 1 fully saturated rings. The van der Waals surface area contributed by atoms with Crippen molar-refractivity contribution in [2.75, 3.05) is 18.0 Å². The molecule has 2 rings (SSSR count). The summed E-state index contributed by atoms with van der Waals surface area (Å²) in [5.74, 6) is 0.122. The van der Waals surface area contributed by atoms with Crippen molar-refractivity contribution in [1.82, 2.24) is 0 Å². The molecule has 1 aromatic rings. The zero-order valence-electron chi connectivity index (χ0n) is 11.0. The highest BCUT2D eigenvalue weighted by atomic mass is 79.9. The molecule has 1 saturated heterocycles. The molecule has 0 aromatic heterocycles. The van der Waals surface area contributed by atoms with Crippen molar-refractivity contribution in [3.8, 4) is 5.75 Å². The summed E-state index contributed by atoms with van der Waals surface area (Å²) in [5, 5.41) is 0. The number of rotatable bonds is 2. The van der Waals surface area contributed by atoms with Crippen LogP contribution in [0.1, 0.15) is 13.3 Å². The fourth-order valence-electron chi connectivity index (χ4n) is 2.29. The lowest BCUT2D eigenvalue weighted by molar-refractivity contribution is -0.274. The highest BCUT2D eigenvalue weighted by molar-refractivity contribution is 9.10. The average molecular weight is 353 g/mol. The van der Waals surface area contributed by atoms with Gasteiger partial charge in [-0.2, -0.15) is 0 Å². The monoisotopic (exact) mass is 352 g/mol. The first-order chi connectivity index (χ1) is 9.26. The molecule has 1 aliphatic heterocycles. The minimum absolute atomic E-state index is 0.183. The highest BCUT2D eigenvalue weighted by Crippen LogP contribution is 2.34. The number of anilines is 1. The Kier molecular flexibility index (Phi) is 4.49. The van der Waals surface area contributed by atoms with Gasteiger partial charge in [-0.15, -0.1) is 13.2 Å². The largest absolute Gasteiger partial charge is 0.573 e. The van der Waals surface area contributed by atoms with E-state index in [-0.39, 0.29) is 16.3 Å². The third-order valence-corrected chi connectivity index (χ3v) is 4.10. The molecule has 112 valence electrons. The van der Waals surface area contributed by atoms with Crippen LogP contribution in [-0.4, -0.2) is 25.5 Å². The predicted molar refractivity (Wildman–Crippen MR) is 74.8 cm³/mol. The van der Waals surface area contributed by atoms with Gasteiger partial charge in [-0.1, -0.05) is 6.92 Å². The first kappa shape index (κ1) is 15.4. The van der Waals surface area contributed by atoms with Crippen LogP contribution in [0, 0.1) is 5.92 Å². The van der Waals surface area contributed by atoms with Gasteiger partial charge < -0.3 is 15.4 Å². The maximum Gasteiger partial charge on any atom is 0.573 e. The summed E-state index contributed by atoms with van der Waals surface area (Å²) in [4.78, 5) is 2.12. The Bertz CT molecular complexity index is 481. The van der Waals surface area contributed by atoms with Crippen molar-refractivity contribution >= 4 is 21.6 Å². The van der Waals surface area contributed by atoms with Crippen LogP contribution in [0.3, 0.4) is 0 Å². The maximum atomic E-state index is 12.2. The van der Waals surface area contributed by atoms with Crippen molar-refractivity contribution < 1.29 is 17.9 Å². The van der Waals surface area contributed by atoms with Crippen LogP contribution in [0.25, 0.3) is 0 Å². The number of piperidine rings is 1. The summed E-state index contributed by atoms with van der Waals surface area (Å²) < 4.78 is 40.8. The van der Waals surface area contributed by atoms with Crippen LogP contribution in [0.2, 0.25) is 0 Å². The number of benzene rings is 1. The molecule has 20 heavy (non-hydrogen) atoms. The molecule has 1 heterocycles. The second-order valence-corrected chi connectivity index (χ2v) is 5.89. The standard InChI is InChI=1S/C13H16BrF3N2O/c1-8-7-19(5-4-11(8)18)9-2-3-12(10(14)6-9)20-13(15,16)17/h2-3,6,8,11H,4-5,7,18H2,1H3. The van der Waals surface area contributed by atoms with Gasteiger partial charge in [0, 0.05) is 24.8 Å². The lowest BCUT2D eigenvalue weighted by atomic mass is 9.94. The Balaban J connectivity index is 2.13. The fraction of sp³-hybridized carbons (Fsp3) is 0.538. The van der Waals surface area contributed by atoms with Gasteiger partial charge in [0.15, 0.2) is 0 Å². The lowest BCUT2D eigenvalue weighted by Gasteiger charge is -2.36. The van der Waals surface area contributed by atoms with Gasteiger partial charge >= 0.3 is 6.36 Å². The summed E-state index contributed by atoms with van der Waals surface area (Å²) in [5.41, 5.74) is 6.83. The van der Waals surface area contributed by atoms with E-state index in [2.05, 4.69) is 32.5 Å². The first-order valence-corrected chi connectivity index (χ1v) is 7.11. The van der Waals surface area contributed by atoms with Crippen molar-refractivity contribution in [3.63, 3.8) is 0 Å². The minimum atomic E-state index is -4.68. The molecule has 2 unspecified atom stereocenters. The van der Waals surface area contributed by atoms with Crippen molar-refractivity contribution in [2.45, 2.75) is 25.7 Å². The third-order valence-electron chi connectivity index (χ3n) is 3.48. The van der Waals surface area contributed by atoms with Gasteiger partial charge in [0.1, 0.15) is 5.75 Å². The molecule has 3 nitrogen and oxygen atoms in total. The van der Waals surface area contributed by atoms with E-state index < -0.39 is 6.36 Å². The van der Waals surface area contributed by atoms with Crippen molar-refractivity contribution in [2.24, 2.45) is 11.7 Å². The van der Waals surface area contributed by atoms with E-state index in [1.807, 2.05) is 0 Å². The number of ether oxygens (including phenoxy) is 1. The smallest absolute Gasteiger partial charge is 0.405 e. The third kappa shape index (κ3) is 3.79. The molecular formula is C13H16BrF3N2O. The van der Waals surface area contributed by atoms with Crippen molar-refractivity contribution in [1.29, 1.82) is 0 Å². The first-order valence-electron chi connectivity index (χ1n) is 6.32. The molecule has 2 atom stereocenters. The second kappa shape index (κ2) is 5.81. The fourth-order valence-corrected chi connectivity index (χ4v) is 2.74. The summed E-state index contributed by atoms with van der Waals surface area (Å²) in [7, 11) is 0. The zero-order valence-corrected chi connectivity index (χ0v) is 12.5. The Hall–Kier alpha value is -0.950. The van der Waals surface area contributed by atoms with Gasteiger partial charge in [0.2, 0.25) is 0 Å². The Labute approximate surface area is 124 Å². The number of alkyl halides is 3. The van der Waals surface area contributed by atoms with Gasteiger partial charge in [-0.05, 0) is 46.5 Å². The van der Waals surface area contributed by atoms with Crippen LogP contribution in [0.5, 0.6) is 5.75 Å². The molecule has 2 N–H and O–H groups in total. The van der Waals surface area contributed by atoms with E-state index >= 15 is 0 Å². The van der Waals surface area contributed by atoms with Crippen molar-refractivity contribution in [3.05, 3.63) is 22.7 Å². The molecule has 1 aromatic carbocycles. The van der Waals surface area contributed by atoms with E-state index in [0.29, 0.717) is 5.92 Å². The predicted octanol–water partition coefficient (Wildman–Crippen LogP) is 3.52. The Morgan fingerprint density at radius 3 is 2.65 bits per heavy atom. The molecule has 7 heteroatoms. The van der Waals surface area contributed by atoms with Gasteiger partial charge in [-0.3, -0.25) is 0 Å². The number of hydrogen-bond donors (Lipinski definition) is 1. The van der Waals surface area contributed by atoms with Crippen LogP contribution in [0.15, 0.2) is 22.7 Å². The quantitative estimate of drug-likeness (QED) is 0.884. The van der Waals surface area contributed by atoms with Crippen LogP contribution in [-0.2, 0) is 0 Å². The average Bonchev–Trinajstić information content (AvgIpc) is 2.34. The normalized spacial score (nSPS) is 23.8. The summed E-state index contributed by atoms with van der Waals surface area (Å²) >= 11 is 3.12. The van der Waals surface area contributed by atoms with Crippen LogP contribution in [0.4, 0.5) is 18.9 Å². The number of hydrogen-bond acceptors (Lipinski definition) is 3. The molecule has 0 spiro atoms. The van der Waals surface area contributed by atoms with E-state index in [4.69, 9.17) is 5.73 Å². The zero-order chi connectivity index (χ0) is 14.9. The number of halogens is 4. The molecule has 0 aliphatic carbocycles. The molecule has 0 bridgehead atoms. The molecular weight excluding hydrogens is 337 g/mol. The topological polar surface area (TPSA) is 38.5 Å². The van der Waals surface area contributed by atoms with Gasteiger partial charge in [0.25, 0.3) is 0 Å². The number of nitrogens with two attached hydrogens (primary N) is 1. The van der Waals surface area contributed by atoms with Gasteiger partial charge in [0.05, 0.1) is 4.47 Å². The number of nitrogens with zero attached hydrogens (tertiary/aromatic N) is 1. The summed E-state index contributed by atoms with van der Waals surface area (Å²) in [6, 6.07) is 4.79. The second-order valence-electron chi connectivity index (χ2n) is 5.04. The summed E-state index contributed by atoms with van der Waals surface area (Å²) in [6.07, 6.45) is -3.81.